The highest BCUT2D eigenvalue weighted by molar-refractivity contribution is 5.69. The van der Waals surface area contributed by atoms with E-state index in [9.17, 15) is 4.79 Å². The van der Waals surface area contributed by atoms with Gasteiger partial charge in [-0.05, 0) is 154 Å². The largest absolute Gasteiger partial charge is 0.462 e. The van der Waals surface area contributed by atoms with Crippen molar-refractivity contribution >= 4 is 5.97 Å². The third-order valence-corrected chi connectivity index (χ3v) is 16.8. The van der Waals surface area contributed by atoms with E-state index in [0.29, 0.717) is 17.3 Å². The molecule has 0 aromatic heterocycles. The fourth-order valence-electron chi connectivity index (χ4n) is 13.3. The van der Waals surface area contributed by atoms with Gasteiger partial charge in [-0.25, -0.2) is 0 Å². The lowest BCUT2D eigenvalue weighted by Gasteiger charge is -2.61. The van der Waals surface area contributed by atoms with Gasteiger partial charge in [0, 0.05) is 6.42 Å². The number of carbonyl (C=O) groups is 1. The lowest BCUT2D eigenvalue weighted by Crippen LogP contribution is -2.54. The number of carbonyl (C=O) groups excluding carboxylic acids is 1. The predicted molar refractivity (Wildman–Crippen MR) is 230 cm³/mol. The molecule has 2 heteroatoms. The van der Waals surface area contributed by atoms with Crippen LogP contribution in [-0.2, 0) is 9.53 Å². The lowest BCUT2D eigenvalue weighted by molar-refractivity contribution is -0.162. The van der Waals surface area contributed by atoms with Crippen LogP contribution in [0.25, 0.3) is 0 Å². The monoisotopic (exact) mass is 737 g/mol. The topological polar surface area (TPSA) is 26.3 Å². The normalized spacial score (nSPS) is 32.4. The van der Waals surface area contributed by atoms with Gasteiger partial charge in [-0.15, -0.1) is 0 Å². The second-order valence-corrected chi connectivity index (χ2v) is 20.5. The van der Waals surface area contributed by atoms with Gasteiger partial charge in [0.15, 0.2) is 0 Å². The minimum atomic E-state index is 0.0894. The molecular formula is C51H92O2. The van der Waals surface area contributed by atoms with Gasteiger partial charge in [-0.2, -0.15) is 0 Å². The van der Waals surface area contributed by atoms with Gasteiger partial charge in [0.05, 0.1) is 0 Å². The first kappa shape index (κ1) is 44.9. The molecule has 0 amide bonds. The minimum absolute atomic E-state index is 0.0894. The van der Waals surface area contributed by atoms with Gasteiger partial charge in [-0.3, -0.25) is 4.79 Å². The summed E-state index contributed by atoms with van der Waals surface area (Å²) in [6, 6.07) is 0. The Bertz CT molecular complexity index is 1030. The Morgan fingerprint density at radius 3 is 1.87 bits per heavy atom. The van der Waals surface area contributed by atoms with E-state index in [1.807, 2.05) is 0 Å². The van der Waals surface area contributed by atoms with Crippen LogP contribution in [0.15, 0.2) is 12.2 Å². The highest BCUT2D eigenvalue weighted by atomic mass is 16.5. The van der Waals surface area contributed by atoms with Crippen molar-refractivity contribution in [2.45, 2.75) is 247 Å². The Morgan fingerprint density at radius 1 is 0.660 bits per heavy atom. The second kappa shape index (κ2) is 23.4. The van der Waals surface area contributed by atoms with E-state index in [-0.39, 0.29) is 12.1 Å². The molecule has 0 spiro atoms. The van der Waals surface area contributed by atoms with Gasteiger partial charge in [-0.1, -0.05) is 151 Å². The van der Waals surface area contributed by atoms with Crippen molar-refractivity contribution in [3.05, 3.63) is 12.2 Å². The molecule has 0 heterocycles. The number of unbranched alkanes of at least 4 members (excludes halogenated alkanes) is 15. The third-order valence-electron chi connectivity index (χ3n) is 16.8. The van der Waals surface area contributed by atoms with Crippen molar-refractivity contribution in [3.8, 4) is 0 Å². The van der Waals surface area contributed by atoms with Gasteiger partial charge in [0.25, 0.3) is 0 Å². The lowest BCUT2D eigenvalue weighted by atomic mass is 9.44. The van der Waals surface area contributed by atoms with Crippen molar-refractivity contribution in [1.29, 1.82) is 0 Å². The molecule has 4 saturated carbocycles. The van der Waals surface area contributed by atoms with Crippen molar-refractivity contribution in [1.82, 2.24) is 0 Å². The summed E-state index contributed by atoms with van der Waals surface area (Å²) in [4.78, 5) is 12.9. The molecule has 10 atom stereocenters. The van der Waals surface area contributed by atoms with Crippen LogP contribution in [0.3, 0.4) is 0 Å². The number of hydrogen-bond donors (Lipinski definition) is 0. The van der Waals surface area contributed by atoms with Crippen LogP contribution in [0, 0.1) is 58.2 Å². The molecule has 308 valence electrons. The number of esters is 1. The molecule has 4 aliphatic rings. The van der Waals surface area contributed by atoms with Crippen molar-refractivity contribution in [3.63, 3.8) is 0 Å². The number of hydrogen-bond acceptors (Lipinski definition) is 2. The van der Waals surface area contributed by atoms with Crippen molar-refractivity contribution < 1.29 is 9.53 Å². The summed E-state index contributed by atoms with van der Waals surface area (Å²) < 4.78 is 6.20. The number of rotatable bonds is 26. The Labute approximate surface area is 332 Å². The molecule has 2 unspecified atom stereocenters. The average Bonchev–Trinajstić information content (AvgIpc) is 3.50. The molecule has 0 bridgehead atoms. The molecule has 53 heavy (non-hydrogen) atoms. The Balaban J connectivity index is 1.04. The standard InChI is InChI=1S/C51H92O2/c1-8-10-11-12-13-14-15-16-17-18-19-20-21-22-23-24-25-26-27-28-49(52)53-44-35-37-50(6)43(39-44)31-32-45-47-34-33-46(51(47,7)38-36-48(45)50)41(5)29-30-42(9-2)40(3)4/h16-17,40-48H,8-15,18-39H2,1-7H3/t41-,42-,43?,44?,45+,46-,47+,48+,50+,51-/m1/s1. The molecule has 2 nitrogen and oxygen atoms in total. The second-order valence-electron chi connectivity index (χ2n) is 20.5. The molecule has 0 aromatic rings. The van der Waals surface area contributed by atoms with Crippen LogP contribution >= 0.6 is 0 Å². The van der Waals surface area contributed by atoms with Crippen LogP contribution in [0.2, 0.25) is 0 Å². The first-order valence-corrected chi connectivity index (χ1v) is 24.5. The zero-order chi connectivity index (χ0) is 38.1. The molecular weight excluding hydrogens is 645 g/mol. The summed E-state index contributed by atoms with van der Waals surface area (Å²) in [6.45, 7) is 17.6. The Hall–Kier alpha value is -0.790. The quantitative estimate of drug-likeness (QED) is 0.0502. The molecule has 0 N–H and O–H groups in total. The highest BCUT2D eigenvalue weighted by Gasteiger charge is 2.60. The van der Waals surface area contributed by atoms with Gasteiger partial charge >= 0.3 is 5.97 Å². The maximum atomic E-state index is 12.9. The maximum Gasteiger partial charge on any atom is 0.306 e. The molecule has 0 aromatic carbocycles. The van der Waals surface area contributed by atoms with Gasteiger partial charge < -0.3 is 4.74 Å². The summed E-state index contributed by atoms with van der Waals surface area (Å²) >= 11 is 0. The Kier molecular flexibility index (Phi) is 19.9. The smallest absolute Gasteiger partial charge is 0.306 e. The van der Waals surface area contributed by atoms with Crippen LogP contribution in [0.5, 0.6) is 0 Å². The third kappa shape index (κ3) is 13.1. The van der Waals surface area contributed by atoms with E-state index in [1.54, 1.807) is 0 Å². The molecule has 0 radical (unpaired) electrons. The van der Waals surface area contributed by atoms with Crippen LogP contribution in [0.1, 0.15) is 241 Å². The van der Waals surface area contributed by atoms with Crippen LogP contribution in [0.4, 0.5) is 0 Å². The minimum Gasteiger partial charge on any atom is -0.462 e. The van der Waals surface area contributed by atoms with Crippen molar-refractivity contribution in [2.75, 3.05) is 0 Å². The highest BCUT2D eigenvalue weighted by Crippen LogP contribution is 2.68. The van der Waals surface area contributed by atoms with Crippen LogP contribution < -0.4 is 0 Å². The zero-order valence-corrected chi connectivity index (χ0v) is 36.9. The van der Waals surface area contributed by atoms with E-state index >= 15 is 0 Å². The fourth-order valence-corrected chi connectivity index (χ4v) is 13.3. The predicted octanol–water partition coefficient (Wildman–Crippen LogP) is 16.3. The van der Waals surface area contributed by atoms with E-state index < -0.39 is 0 Å². The molecule has 4 rings (SSSR count). The number of allylic oxidation sites excluding steroid dienone is 2. The first-order valence-electron chi connectivity index (χ1n) is 24.5. The number of fused-ring (bicyclic) bond motifs is 5. The number of ether oxygens (including phenoxy) is 1. The first-order chi connectivity index (χ1) is 25.6. The van der Waals surface area contributed by atoms with Gasteiger partial charge in [0.1, 0.15) is 6.10 Å². The van der Waals surface area contributed by atoms with Gasteiger partial charge in [0.2, 0.25) is 0 Å². The average molecular weight is 737 g/mol. The summed E-state index contributed by atoms with van der Waals surface area (Å²) in [5.41, 5.74) is 1.03. The molecule has 0 saturated heterocycles. The molecule has 4 fully saturated rings. The maximum absolute atomic E-state index is 12.9. The fraction of sp³-hybridized carbons (Fsp3) is 0.941. The summed E-state index contributed by atoms with van der Waals surface area (Å²) in [7, 11) is 0. The molecule has 4 aliphatic carbocycles. The van der Waals surface area contributed by atoms with E-state index in [1.165, 1.54) is 167 Å². The summed E-state index contributed by atoms with van der Waals surface area (Å²) in [6.07, 6.45) is 44.7. The zero-order valence-electron chi connectivity index (χ0n) is 36.9. The Morgan fingerprint density at radius 2 is 1.25 bits per heavy atom. The van der Waals surface area contributed by atoms with E-state index in [2.05, 4.69) is 60.6 Å². The SMILES string of the molecule is CCCCCCCCC=CCCCCCCCCCCCC(=O)OC1CC[C@@]2(C)C(CC[C@H]3[C@@H]4CC[C@H]([C@H](C)CC[C@@H](CC)C(C)C)[C@@]4(C)CC[C@@H]32)C1. The summed E-state index contributed by atoms with van der Waals surface area (Å²) in [5.74, 6) is 7.18. The molecule has 0 aliphatic heterocycles. The van der Waals surface area contributed by atoms with Crippen molar-refractivity contribution in [2.24, 2.45) is 58.2 Å². The summed E-state index contributed by atoms with van der Waals surface area (Å²) in [5, 5.41) is 0. The van der Waals surface area contributed by atoms with E-state index in [4.69, 9.17) is 4.74 Å². The van der Waals surface area contributed by atoms with Crippen LogP contribution in [-0.4, -0.2) is 12.1 Å². The van der Waals surface area contributed by atoms with E-state index in [0.717, 1.165) is 66.6 Å².